The van der Waals surface area contributed by atoms with Crippen LogP contribution in [0.2, 0.25) is 0 Å². The van der Waals surface area contributed by atoms with E-state index in [0.29, 0.717) is 13.0 Å². The smallest absolute Gasteiger partial charge is 0.107 e. The van der Waals surface area contributed by atoms with E-state index in [9.17, 15) is 5.11 Å². The molecule has 0 rings (SSSR count). The minimum absolute atomic E-state index is 0. The minimum atomic E-state index is -0.339. The van der Waals surface area contributed by atoms with Crippen molar-refractivity contribution < 1.29 is 14.6 Å². The van der Waals surface area contributed by atoms with Gasteiger partial charge in [0.1, 0.15) is 6.10 Å². The topological polar surface area (TPSA) is 64.7 Å². The summed E-state index contributed by atoms with van der Waals surface area (Å²) in [6.07, 6.45) is 32.4. The predicted molar refractivity (Wildman–Crippen MR) is 182 cm³/mol. The van der Waals surface area contributed by atoms with Crippen LogP contribution in [-0.2, 0) is 9.47 Å². The molecule has 5 heteroatoms. The van der Waals surface area contributed by atoms with E-state index in [1.54, 1.807) is 0 Å². The summed E-state index contributed by atoms with van der Waals surface area (Å²) in [5, 5.41) is 10.0. The number of aliphatic hydroxyl groups excluding tert-OH is 1. The molecule has 3 N–H and O–H groups in total. The van der Waals surface area contributed by atoms with Crippen molar-refractivity contribution in [1.82, 2.24) is 0 Å². The lowest BCUT2D eigenvalue weighted by Gasteiger charge is -2.31. The molecule has 0 radical (unpaired) electrons. The molecule has 0 amide bonds. The van der Waals surface area contributed by atoms with Gasteiger partial charge in [0, 0.05) is 18.8 Å². The second-order valence-electron chi connectivity index (χ2n) is 13.0. The van der Waals surface area contributed by atoms with E-state index in [2.05, 4.69) is 13.8 Å². The number of hydrogen-bond acceptors (Lipinski definition) is 4. The standard InChI is InChI=1S/C35H73NO3.BrH/c1-5-7-9-11-13-15-17-19-21-23-25-27-29-38-33(31-35(3,4)36)34(32-37)39-30-28-26-24-22-20-18-16-14-12-10-8-6-2;/h33-34,37H,5-32,36H2,1-4H3;1H. The highest BCUT2D eigenvalue weighted by atomic mass is 79.9. The van der Waals surface area contributed by atoms with Crippen molar-refractivity contribution in [3.8, 4) is 0 Å². The molecule has 0 heterocycles. The van der Waals surface area contributed by atoms with Gasteiger partial charge < -0.3 is 20.3 Å². The van der Waals surface area contributed by atoms with Gasteiger partial charge in [0.25, 0.3) is 0 Å². The van der Waals surface area contributed by atoms with Crippen molar-refractivity contribution in [2.45, 2.75) is 206 Å². The first kappa shape index (κ1) is 42.5. The molecule has 4 nitrogen and oxygen atoms in total. The maximum absolute atomic E-state index is 10.0. The van der Waals surface area contributed by atoms with Crippen molar-refractivity contribution in [3.63, 3.8) is 0 Å². The van der Waals surface area contributed by atoms with Gasteiger partial charge in [-0.25, -0.2) is 0 Å². The zero-order valence-corrected chi connectivity index (χ0v) is 29.4. The Balaban J connectivity index is 0. The van der Waals surface area contributed by atoms with Gasteiger partial charge in [0.2, 0.25) is 0 Å². The Morgan fingerprint density at radius 3 is 1.05 bits per heavy atom. The van der Waals surface area contributed by atoms with Gasteiger partial charge in [-0.05, 0) is 33.1 Å². The summed E-state index contributed by atoms with van der Waals surface area (Å²) in [6, 6.07) is 0. The Morgan fingerprint density at radius 1 is 0.500 bits per heavy atom. The van der Waals surface area contributed by atoms with Gasteiger partial charge in [-0.15, -0.1) is 17.0 Å². The van der Waals surface area contributed by atoms with Crippen LogP contribution in [-0.4, -0.2) is 42.7 Å². The van der Waals surface area contributed by atoms with E-state index in [1.165, 1.54) is 141 Å². The number of unbranched alkanes of at least 4 members (excludes halogenated alkanes) is 22. The van der Waals surface area contributed by atoms with E-state index in [-0.39, 0.29) is 41.3 Å². The molecular weight excluding hydrogens is 562 g/mol. The van der Waals surface area contributed by atoms with Crippen molar-refractivity contribution in [2.75, 3.05) is 19.8 Å². The molecule has 40 heavy (non-hydrogen) atoms. The molecule has 0 aromatic carbocycles. The van der Waals surface area contributed by atoms with E-state index >= 15 is 0 Å². The number of halogens is 1. The molecule has 2 unspecified atom stereocenters. The van der Waals surface area contributed by atoms with E-state index in [0.717, 1.165) is 19.4 Å². The third-order valence-electron chi connectivity index (χ3n) is 7.98. The quantitative estimate of drug-likeness (QED) is 0.0721. The van der Waals surface area contributed by atoms with Crippen LogP contribution < -0.4 is 5.73 Å². The van der Waals surface area contributed by atoms with Gasteiger partial charge in [-0.1, -0.05) is 155 Å². The van der Waals surface area contributed by atoms with Gasteiger partial charge in [0.05, 0.1) is 12.7 Å². The Hall–Kier alpha value is 0.320. The summed E-state index contributed by atoms with van der Waals surface area (Å²) in [5.74, 6) is 0. The molecule has 0 spiro atoms. The lowest BCUT2D eigenvalue weighted by Crippen LogP contribution is -2.44. The Labute approximate surface area is 262 Å². The first-order valence-electron chi connectivity index (χ1n) is 17.6. The lowest BCUT2D eigenvalue weighted by molar-refractivity contribution is -0.101. The maximum Gasteiger partial charge on any atom is 0.107 e. The zero-order valence-electron chi connectivity index (χ0n) is 27.7. The molecule has 0 saturated heterocycles. The highest BCUT2D eigenvalue weighted by molar-refractivity contribution is 8.93. The van der Waals surface area contributed by atoms with Crippen LogP contribution in [0.5, 0.6) is 0 Å². The van der Waals surface area contributed by atoms with Crippen LogP contribution in [0.15, 0.2) is 0 Å². The van der Waals surface area contributed by atoms with Crippen molar-refractivity contribution in [1.29, 1.82) is 0 Å². The van der Waals surface area contributed by atoms with Crippen LogP contribution in [0.3, 0.4) is 0 Å². The molecule has 0 aromatic heterocycles. The summed E-state index contributed by atoms with van der Waals surface area (Å²) in [6.45, 7) is 10.1. The van der Waals surface area contributed by atoms with E-state index < -0.39 is 0 Å². The molecule has 0 bridgehead atoms. The fourth-order valence-corrected chi connectivity index (χ4v) is 5.45. The number of nitrogens with two attached hydrogens (primary N) is 1. The molecule has 0 aromatic rings. The second kappa shape index (κ2) is 32.2. The van der Waals surface area contributed by atoms with Gasteiger partial charge in [0.15, 0.2) is 0 Å². The van der Waals surface area contributed by atoms with Crippen LogP contribution in [0.4, 0.5) is 0 Å². The van der Waals surface area contributed by atoms with Crippen LogP contribution >= 0.6 is 17.0 Å². The fourth-order valence-electron chi connectivity index (χ4n) is 5.45. The normalized spacial score (nSPS) is 13.3. The first-order valence-corrected chi connectivity index (χ1v) is 17.6. The molecule has 244 valence electrons. The number of rotatable bonds is 32. The Kier molecular flexibility index (Phi) is 34.2. The average Bonchev–Trinajstić information content (AvgIpc) is 2.90. The number of aliphatic hydroxyl groups is 1. The lowest BCUT2D eigenvalue weighted by atomic mass is 9.95. The Bertz CT molecular complexity index is 472. The van der Waals surface area contributed by atoms with Crippen molar-refractivity contribution >= 4 is 17.0 Å². The van der Waals surface area contributed by atoms with Crippen molar-refractivity contribution in [3.05, 3.63) is 0 Å². The largest absolute Gasteiger partial charge is 0.394 e. The molecule has 0 aliphatic carbocycles. The molecule has 0 fully saturated rings. The Morgan fingerprint density at radius 2 is 0.775 bits per heavy atom. The van der Waals surface area contributed by atoms with Gasteiger partial charge in [-0.3, -0.25) is 0 Å². The average molecular weight is 637 g/mol. The summed E-state index contributed by atoms with van der Waals surface area (Å²) in [7, 11) is 0. The molecular formula is C35H74BrNO3. The van der Waals surface area contributed by atoms with Crippen LogP contribution in [0.25, 0.3) is 0 Å². The highest BCUT2D eigenvalue weighted by Gasteiger charge is 2.27. The van der Waals surface area contributed by atoms with Crippen molar-refractivity contribution in [2.24, 2.45) is 5.73 Å². The summed E-state index contributed by atoms with van der Waals surface area (Å²) < 4.78 is 12.4. The summed E-state index contributed by atoms with van der Waals surface area (Å²) in [5.41, 5.74) is 5.99. The maximum atomic E-state index is 10.0. The van der Waals surface area contributed by atoms with Crippen LogP contribution in [0, 0.1) is 0 Å². The molecule has 0 aliphatic heterocycles. The third-order valence-corrected chi connectivity index (χ3v) is 7.98. The van der Waals surface area contributed by atoms with Gasteiger partial charge >= 0.3 is 0 Å². The SMILES string of the molecule is Br.CCCCCCCCCCCCCCOC(CO)C(CC(C)(C)N)OCCCCCCCCCCCCCC. The number of hydrogen-bond donors (Lipinski definition) is 2. The minimum Gasteiger partial charge on any atom is -0.394 e. The fraction of sp³-hybridized carbons (Fsp3) is 1.00. The van der Waals surface area contributed by atoms with E-state index in [1.807, 2.05) is 13.8 Å². The summed E-state index contributed by atoms with van der Waals surface area (Å²) in [4.78, 5) is 0. The van der Waals surface area contributed by atoms with Gasteiger partial charge in [-0.2, -0.15) is 0 Å². The highest BCUT2D eigenvalue weighted by Crippen LogP contribution is 2.19. The second-order valence-corrected chi connectivity index (χ2v) is 13.0. The predicted octanol–water partition coefficient (Wildman–Crippen LogP) is 10.9. The first-order chi connectivity index (χ1) is 18.9. The zero-order chi connectivity index (χ0) is 28.9. The summed E-state index contributed by atoms with van der Waals surface area (Å²) >= 11 is 0. The third kappa shape index (κ3) is 31.3. The molecule has 2 atom stereocenters. The molecule has 0 aliphatic rings. The number of ether oxygens (including phenoxy) is 2. The van der Waals surface area contributed by atoms with Crippen LogP contribution in [0.1, 0.15) is 188 Å². The van der Waals surface area contributed by atoms with E-state index in [4.69, 9.17) is 15.2 Å². The monoisotopic (exact) mass is 635 g/mol. The molecule has 0 saturated carbocycles.